The van der Waals surface area contributed by atoms with Crippen LogP contribution in [-0.4, -0.2) is 20.5 Å². The summed E-state index contributed by atoms with van der Waals surface area (Å²) >= 11 is 0. The summed E-state index contributed by atoms with van der Waals surface area (Å²) in [6, 6.07) is 29.3. The van der Waals surface area contributed by atoms with E-state index < -0.39 is 0 Å². The highest BCUT2D eigenvalue weighted by atomic mass is 16.1. The molecule has 8 aromatic rings. The van der Waals surface area contributed by atoms with E-state index in [-0.39, 0.29) is 17.4 Å². The fourth-order valence-electron chi connectivity index (χ4n) is 11.0. The van der Waals surface area contributed by atoms with Gasteiger partial charge >= 0.3 is 0 Å². The number of carbonyl (C=O) groups excluding carboxylic acids is 2. The molecule has 0 unspecified atom stereocenters. The molecule has 3 aromatic heterocycles. The molecule has 2 fully saturated rings. The predicted octanol–water partition coefficient (Wildman–Crippen LogP) is 10.2. The highest BCUT2D eigenvalue weighted by Crippen LogP contribution is 2.51. The molecule has 3 heterocycles. The van der Waals surface area contributed by atoms with E-state index in [2.05, 4.69) is 40.8 Å². The van der Waals surface area contributed by atoms with Gasteiger partial charge < -0.3 is 4.40 Å². The topological polar surface area (TPSA) is 60.6 Å². The van der Waals surface area contributed by atoms with Gasteiger partial charge in [-0.2, -0.15) is 0 Å². The standard InChI is InChI=1S/C45H34N2O3/c48-43-25-14-10-23(11-15-25)30-18-32-33-20-39-40(28-8-4-5-9-29(28)45(50)46(39)27-6-2-1-3-7-27)41-36-19-31-24-12-16-26(17-13-24)44(49)35(31)22-38(36)47(42(33)41)37(32)21-34(30)43/h1-9,18-26H,10-17H2. The lowest BCUT2D eigenvalue weighted by molar-refractivity contribution is 0.0891. The third kappa shape index (κ3) is 3.32. The summed E-state index contributed by atoms with van der Waals surface area (Å²) in [5, 5.41) is 7.15. The lowest BCUT2D eigenvalue weighted by Crippen LogP contribution is -2.19. The number of ketones is 2. The van der Waals surface area contributed by atoms with Gasteiger partial charge in [-0.3, -0.25) is 19.0 Å². The van der Waals surface area contributed by atoms with Crippen molar-refractivity contribution in [2.75, 3.05) is 0 Å². The molecule has 0 N–H and O–H groups in total. The number of pyridine rings is 1. The summed E-state index contributed by atoms with van der Waals surface area (Å²) in [6.07, 6.45) is 8.07. The van der Waals surface area contributed by atoms with Gasteiger partial charge in [0.1, 0.15) is 0 Å². The number of fused-ring (bicyclic) bond motifs is 14. The maximum Gasteiger partial charge on any atom is 0.263 e. The fraction of sp³-hybridized carbons (Fsp3) is 0.267. The summed E-state index contributed by atoms with van der Waals surface area (Å²) in [7, 11) is 0. The van der Waals surface area contributed by atoms with Gasteiger partial charge in [0.15, 0.2) is 11.6 Å². The Bertz CT molecular complexity index is 2900. The molecule has 242 valence electrons. The minimum atomic E-state index is -0.0335. The van der Waals surface area contributed by atoms with Crippen molar-refractivity contribution in [3.05, 3.63) is 118 Å². The maximum absolute atomic E-state index is 14.5. The average Bonchev–Trinajstić information content (AvgIpc) is 3.48. The monoisotopic (exact) mass is 650 g/mol. The molecule has 0 aliphatic heterocycles. The highest BCUT2D eigenvalue weighted by molar-refractivity contribution is 6.35. The average molecular weight is 651 g/mol. The van der Waals surface area contributed by atoms with Gasteiger partial charge in [0, 0.05) is 61.0 Å². The second kappa shape index (κ2) is 9.48. The van der Waals surface area contributed by atoms with Gasteiger partial charge in [-0.15, -0.1) is 0 Å². The van der Waals surface area contributed by atoms with Crippen molar-refractivity contribution in [1.82, 2.24) is 8.97 Å². The second-order valence-corrected chi connectivity index (χ2v) is 15.6. The summed E-state index contributed by atoms with van der Waals surface area (Å²) in [4.78, 5) is 42.7. The van der Waals surface area contributed by atoms with Crippen molar-refractivity contribution in [2.24, 2.45) is 11.8 Å². The number of hydrogen-bond acceptors (Lipinski definition) is 3. The van der Waals surface area contributed by atoms with E-state index in [1.807, 2.05) is 53.1 Å². The molecule has 50 heavy (non-hydrogen) atoms. The fourth-order valence-corrected chi connectivity index (χ4v) is 11.0. The minimum Gasteiger partial charge on any atom is -0.308 e. The molecular weight excluding hydrogens is 617 g/mol. The lowest BCUT2D eigenvalue weighted by Gasteiger charge is -2.22. The summed E-state index contributed by atoms with van der Waals surface area (Å²) in [5.74, 6) is 1.56. The van der Waals surface area contributed by atoms with E-state index in [1.54, 1.807) is 0 Å². The molecule has 0 radical (unpaired) electrons. The van der Waals surface area contributed by atoms with Gasteiger partial charge in [-0.25, -0.2) is 0 Å². The zero-order valence-corrected chi connectivity index (χ0v) is 27.7. The van der Waals surface area contributed by atoms with Gasteiger partial charge in [0.05, 0.1) is 22.1 Å². The SMILES string of the molecule is O=C1c2cc3c(cc2C2CCC1CC2)c1cc2c(c4ccccc4c(=O)n2-c2ccccc2)c2c4cc5c(cc4n3c12)C(=O)C1CCC5CC1. The molecule has 0 amide bonds. The molecule has 6 aliphatic rings. The number of carbonyl (C=O) groups is 2. The molecular formula is C45H34N2O3. The third-order valence-corrected chi connectivity index (χ3v) is 13.4. The van der Waals surface area contributed by atoms with E-state index in [9.17, 15) is 14.4 Å². The van der Waals surface area contributed by atoms with Crippen LogP contribution in [0.3, 0.4) is 0 Å². The van der Waals surface area contributed by atoms with Crippen LogP contribution in [0.2, 0.25) is 0 Å². The molecule has 14 rings (SSSR count). The lowest BCUT2D eigenvalue weighted by atomic mass is 9.82. The van der Waals surface area contributed by atoms with Crippen LogP contribution >= 0.6 is 0 Å². The molecule has 5 aromatic carbocycles. The zero-order chi connectivity index (χ0) is 33.0. The molecule has 0 saturated heterocycles. The van der Waals surface area contributed by atoms with Crippen LogP contribution in [0.1, 0.15) is 95.0 Å². The Morgan fingerprint density at radius 1 is 0.460 bits per heavy atom. The first-order chi connectivity index (χ1) is 24.5. The van der Waals surface area contributed by atoms with E-state index >= 15 is 0 Å². The van der Waals surface area contributed by atoms with Crippen molar-refractivity contribution in [2.45, 2.75) is 63.2 Å². The van der Waals surface area contributed by atoms with E-state index in [0.29, 0.717) is 28.8 Å². The van der Waals surface area contributed by atoms with Gasteiger partial charge in [-0.1, -0.05) is 36.4 Å². The van der Waals surface area contributed by atoms with E-state index in [4.69, 9.17) is 0 Å². The number of para-hydroxylation sites is 1. The highest BCUT2D eigenvalue weighted by Gasteiger charge is 2.38. The van der Waals surface area contributed by atoms with Crippen molar-refractivity contribution >= 4 is 71.3 Å². The van der Waals surface area contributed by atoms with Crippen molar-refractivity contribution < 1.29 is 9.59 Å². The van der Waals surface area contributed by atoms with Crippen LogP contribution < -0.4 is 5.56 Å². The van der Waals surface area contributed by atoms with Crippen molar-refractivity contribution in [1.29, 1.82) is 0 Å². The van der Waals surface area contributed by atoms with Gasteiger partial charge in [-0.05, 0) is 128 Å². The quantitative estimate of drug-likeness (QED) is 0.166. The Morgan fingerprint density at radius 2 is 1.00 bits per heavy atom. The second-order valence-electron chi connectivity index (χ2n) is 15.6. The van der Waals surface area contributed by atoms with Gasteiger partial charge in [0.25, 0.3) is 5.56 Å². The first-order valence-electron chi connectivity index (χ1n) is 18.5. The largest absolute Gasteiger partial charge is 0.308 e. The number of hydrogen-bond donors (Lipinski definition) is 0. The molecule has 2 saturated carbocycles. The Balaban J connectivity index is 1.35. The molecule has 5 nitrogen and oxygen atoms in total. The Kier molecular flexibility index (Phi) is 5.22. The van der Waals surface area contributed by atoms with E-state index in [1.165, 1.54) is 11.1 Å². The third-order valence-electron chi connectivity index (χ3n) is 13.4. The number of nitrogens with zero attached hydrogens (tertiary/aromatic N) is 2. The van der Waals surface area contributed by atoms with E-state index in [0.717, 1.165) is 123 Å². The molecule has 4 bridgehead atoms. The van der Waals surface area contributed by atoms with Crippen molar-refractivity contribution in [3.63, 3.8) is 0 Å². The Hall–Kier alpha value is -5.29. The van der Waals surface area contributed by atoms with Crippen LogP contribution in [0, 0.1) is 11.8 Å². The number of aromatic nitrogens is 2. The van der Waals surface area contributed by atoms with Crippen LogP contribution in [0.25, 0.3) is 65.5 Å². The number of Topliss-reactive ketones (excluding diaryl/α,β-unsaturated/α-hetero) is 2. The minimum absolute atomic E-state index is 0.0335. The van der Waals surface area contributed by atoms with Crippen LogP contribution in [-0.2, 0) is 0 Å². The maximum atomic E-state index is 14.5. The summed E-state index contributed by atoms with van der Waals surface area (Å²) in [6.45, 7) is 0. The van der Waals surface area contributed by atoms with Crippen LogP contribution in [0.5, 0.6) is 0 Å². The summed E-state index contributed by atoms with van der Waals surface area (Å²) in [5.41, 5.74) is 8.99. The first kappa shape index (κ1) is 27.5. The predicted molar refractivity (Wildman–Crippen MR) is 200 cm³/mol. The molecule has 0 spiro atoms. The zero-order valence-electron chi connectivity index (χ0n) is 27.7. The molecule has 5 heteroatoms. The smallest absolute Gasteiger partial charge is 0.263 e. The Labute approximate surface area is 287 Å². The number of benzene rings is 5. The Morgan fingerprint density at radius 3 is 1.64 bits per heavy atom. The molecule has 0 atom stereocenters. The molecule has 6 aliphatic carbocycles. The number of rotatable bonds is 1. The van der Waals surface area contributed by atoms with Crippen LogP contribution in [0.15, 0.2) is 89.7 Å². The first-order valence-corrected chi connectivity index (χ1v) is 18.5. The van der Waals surface area contributed by atoms with Crippen molar-refractivity contribution in [3.8, 4) is 5.69 Å². The summed E-state index contributed by atoms with van der Waals surface area (Å²) < 4.78 is 4.26. The van der Waals surface area contributed by atoms with Gasteiger partial charge in [0.2, 0.25) is 0 Å². The normalized spacial score (nSPS) is 23.1. The van der Waals surface area contributed by atoms with Crippen LogP contribution in [0.4, 0.5) is 0 Å².